The second-order valence-corrected chi connectivity index (χ2v) is 11.1. The van der Waals surface area contributed by atoms with Crippen molar-refractivity contribution in [2.24, 2.45) is 0 Å². The van der Waals surface area contributed by atoms with Crippen molar-refractivity contribution >= 4 is 44.3 Å². The Labute approximate surface area is 213 Å². The maximum Gasteiger partial charge on any atom is 0.213 e. The zero-order valence-corrected chi connectivity index (χ0v) is 21.0. The van der Waals surface area contributed by atoms with Crippen molar-refractivity contribution in [1.29, 1.82) is 0 Å². The molecular formula is C25H24ClN5O4S. The van der Waals surface area contributed by atoms with E-state index in [-0.39, 0.29) is 22.6 Å². The number of para-hydroxylation sites is 1. The first-order valence-electron chi connectivity index (χ1n) is 11.5. The van der Waals surface area contributed by atoms with Crippen LogP contribution in [0.1, 0.15) is 29.3 Å². The molecule has 1 aliphatic heterocycles. The van der Waals surface area contributed by atoms with Crippen molar-refractivity contribution in [2.75, 3.05) is 24.2 Å². The number of nitrogens with zero attached hydrogens (tertiary/aromatic N) is 3. The predicted octanol–water partition coefficient (Wildman–Crippen LogP) is 4.47. The monoisotopic (exact) mass is 525 g/mol. The summed E-state index contributed by atoms with van der Waals surface area (Å²) in [6.45, 7) is 2.41. The van der Waals surface area contributed by atoms with E-state index in [4.69, 9.17) is 16.3 Å². The molecule has 3 heterocycles. The Morgan fingerprint density at radius 2 is 1.97 bits per heavy atom. The van der Waals surface area contributed by atoms with E-state index in [1.54, 1.807) is 31.3 Å². The fourth-order valence-corrected chi connectivity index (χ4v) is 5.65. The van der Waals surface area contributed by atoms with Gasteiger partial charge >= 0.3 is 0 Å². The molecule has 4 aromatic rings. The van der Waals surface area contributed by atoms with Gasteiger partial charge in [0.25, 0.3) is 0 Å². The fourth-order valence-electron chi connectivity index (χ4n) is 4.24. The third kappa shape index (κ3) is 4.79. The Kier molecular flexibility index (Phi) is 6.65. The van der Waals surface area contributed by atoms with E-state index >= 15 is 0 Å². The second kappa shape index (κ2) is 9.88. The Morgan fingerprint density at radius 1 is 1.17 bits per heavy atom. The maximum absolute atomic E-state index is 13.5. The van der Waals surface area contributed by atoms with Crippen molar-refractivity contribution in [3.63, 3.8) is 0 Å². The third-order valence-electron chi connectivity index (χ3n) is 6.13. The Bertz CT molecular complexity index is 1520. The summed E-state index contributed by atoms with van der Waals surface area (Å²) in [6.07, 6.45) is 3.61. The number of ketones is 1. The van der Waals surface area contributed by atoms with Gasteiger partial charge in [0.1, 0.15) is 29.3 Å². The highest BCUT2D eigenvalue weighted by atomic mass is 35.5. The molecule has 0 radical (unpaired) electrons. The Hall–Kier alpha value is -3.47. The van der Waals surface area contributed by atoms with Gasteiger partial charge in [0.15, 0.2) is 5.78 Å². The van der Waals surface area contributed by atoms with Crippen LogP contribution in [-0.2, 0) is 10.0 Å². The van der Waals surface area contributed by atoms with E-state index in [0.717, 1.165) is 0 Å². The van der Waals surface area contributed by atoms with Crippen LogP contribution >= 0.6 is 11.6 Å². The fraction of sp³-hybridized carbons (Fsp3) is 0.240. The first-order valence-corrected chi connectivity index (χ1v) is 13.5. The van der Waals surface area contributed by atoms with Gasteiger partial charge < -0.3 is 15.0 Å². The summed E-state index contributed by atoms with van der Waals surface area (Å²) in [5.41, 5.74) is 1.17. The summed E-state index contributed by atoms with van der Waals surface area (Å²) >= 11 is 6.49. The van der Waals surface area contributed by atoms with Crippen LogP contribution in [0.2, 0.25) is 5.02 Å². The molecule has 5 rings (SSSR count). The number of hydrogen-bond donors (Lipinski definition) is 2. The average molecular weight is 526 g/mol. The van der Waals surface area contributed by atoms with Gasteiger partial charge in [-0.3, -0.25) is 4.79 Å². The van der Waals surface area contributed by atoms with Gasteiger partial charge in [0.05, 0.1) is 21.7 Å². The normalized spacial score (nSPS) is 16.3. The summed E-state index contributed by atoms with van der Waals surface area (Å²) in [6, 6.07) is 14.1. The topological polar surface area (TPSA) is 117 Å². The lowest BCUT2D eigenvalue weighted by atomic mass is 10.0. The predicted molar refractivity (Wildman–Crippen MR) is 138 cm³/mol. The van der Waals surface area contributed by atoms with E-state index < -0.39 is 10.0 Å². The maximum atomic E-state index is 13.5. The number of rotatable bonds is 8. The third-order valence-corrected chi connectivity index (χ3v) is 8.29. The SMILES string of the molecule is CCS(=O)(=O)N1CCC(Nc2ncnc3[nH]cc(C(=O)c4ccc(Oc5ccccc5)cc4Cl)c23)C1. The van der Waals surface area contributed by atoms with Crippen LogP contribution in [0.15, 0.2) is 61.1 Å². The molecule has 0 amide bonds. The van der Waals surface area contributed by atoms with Crippen LogP contribution in [0.25, 0.3) is 11.0 Å². The van der Waals surface area contributed by atoms with Crippen LogP contribution in [0.3, 0.4) is 0 Å². The summed E-state index contributed by atoms with van der Waals surface area (Å²) in [4.78, 5) is 25.1. The molecule has 1 aliphatic rings. The molecule has 36 heavy (non-hydrogen) atoms. The van der Waals surface area contributed by atoms with Crippen LogP contribution in [0.4, 0.5) is 5.82 Å². The quantitative estimate of drug-likeness (QED) is 0.326. The number of benzene rings is 2. The van der Waals surface area contributed by atoms with Gasteiger partial charge in [-0.25, -0.2) is 18.4 Å². The van der Waals surface area contributed by atoms with Crippen LogP contribution in [-0.4, -0.2) is 58.3 Å². The molecule has 1 unspecified atom stereocenters. The molecule has 0 bridgehead atoms. The van der Waals surface area contributed by atoms with E-state index in [0.29, 0.717) is 59.0 Å². The van der Waals surface area contributed by atoms with Crippen LogP contribution in [0, 0.1) is 0 Å². The molecule has 2 aromatic carbocycles. The summed E-state index contributed by atoms with van der Waals surface area (Å²) in [5.74, 6) is 1.40. The highest BCUT2D eigenvalue weighted by molar-refractivity contribution is 7.89. The molecule has 11 heteroatoms. The molecule has 0 saturated carbocycles. The number of carbonyl (C=O) groups excluding carboxylic acids is 1. The molecule has 186 valence electrons. The number of sulfonamides is 1. The molecule has 0 aliphatic carbocycles. The van der Waals surface area contributed by atoms with Gasteiger partial charge in [-0.05, 0) is 37.6 Å². The molecule has 9 nitrogen and oxygen atoms in total. The molecule has 1 fully saturated rings. The highest BCUT2D eigenvalue weighted by Gasteiger charge is 2.31. The van der Waals surface area contributed by atoms with Gasteiger partial charge in [-0.2, -0.15) is 4.31 Å². The summed E-state index contributed by atoms with van der Waals surface area (Å²) < 4.78 is 31.7. The first-order chi connectivity index (χ1) is 17.4. The van der Waals surface area contributed by atoms with E-state index in [1.807, 2.05) is 30.3 Å². The number of halogens is 1. The number of anilines is 1. The van der Waals surface area contributed by atoms with Gasteiger partial charge in [-0.15, -0.1) is 0 Å². The number of carbonyl (C=O) groups is 1. The average Bonchev–Trinajstić information content (AvgIpc) is 3.53. The van der Waals surface area contributed by atoms with Gasteiger partial charge in [-0.1, -0.05) is 29.8 Å². The lowest BCUT2D eigenvalue weighted by Crippen LogP contribution is -2.32. The molecule has 0 spiro atoms. The van der Waals surface area contributed by atoms with Crippen LogP contribution in [0.5, 0.6) is 11.5 Å². The Morgan fingerprint density at radius 3 is 2.72 bits per heavy atom. The van der Waals surface area contributed by atoms with E-state index in [2.05, 4.69) is 20.3 Å². The van der Waals surface area contributed by atoms with Crippen molar-refractivity contribution in [3.8, 4) is 11.5 Å². The molecule has 2 aromatic heterocycles. The van der Waals surface area contributed by atoms with Crippen molar-refractivity contribution in [1.82, 2.24) is 19.3 Å². The molecule has 2 N–H and O–H groups in total. The van der Waals surface area contributed by atoms with Crippen molar-refractivity contribution in [3.05, 3.63) is 77.2 Å². The molecule has 1 saturated heterocycles. The van der Waals surface area contributed by atoms with E-state index in [1.165, 1.54) is 10.6 Å². The minimum absolute atomic E-state index is 0.0594. The number of fused-ring (bicyclic) bond motifs is 1. The molecular weight excluding hydrogens is 502 g/mol. The number of aromatic nitrogens is 3. The lowest BCUT2D eigenvalue weighted by molar-refractivity contribution is 0.104. The number of hydrogen-bond acceptors (Lipinski definition) is 7. The Balaban J connectivity index is 1.40. The lowest BCUT2D eigenvalue weighted by Gasteiger charge is -2.17. The highest BCUT2D eigenvalue weighted by Crippen LogP contribution is 2.32. The number of aromatic amines is 1. The van der Waals surface area contributed by atoms with Crippen LogP contribution < -0.4 is 10.1 Å². The summed E-state index contributed by atoms with van der Waals surface area (Å²) in [5, 5.41) is 4.09. The minimum atomic E-state index is -3.27. The van der Waals surface area contributed by atoms with Crippen molar-refractivity contribution in [2.45, 2.75) is 19.4 Å². The van der Waals surface area contributed by atoms with Gasteiger partial charge in [0, 0.05) is 37.0 Å². The van der Waals surface area contributed by atoms with E-state index in [9.17, 15) is 13.2 Å². The number of ether oxygens (including phenoxy) is 1. The second-order valence-electron chi connectivity index (χ2n) is 8.42. The number of nitrogens with one attached hydrogen (secondary N) is 2. The van der Waals surface area contributed by atoms with Gasteiger partial charge in [0.2, 0.25) is 10.0 Å². The minimum Gasteiger partial charge on any atom is -0.457 e. The summed E-state index contributed by atoms with van der Waals surface area (Å²) in [7, 11) is -3.27. The molecule has 1 atom stereocenters. The standard InChI is InChI=1S/C25H24ClN5O4S/c1-2-36(33,34)31-11-10-16(14-31)30-25-22-20(13-27-24(22)28-15-29-25)23(32)19-9-8-18(12-21(19)26)35-17-6-4-3-5-7-17/h3-9,12-13,15-16H,2,10-11,14H2,1H3,(H2,27,28,29,30). The zero-order chi connectivity index (χ0) is 25.3. The smallest absolute Gasteiger partial charge is 0.213 e. The number of H-pyrrole nitrogens is 1. The van der Waals surface area contributed by atoms with Crippen molar-refractivity contribution < 1.29 is 17.9 Å². The largest absolute Gasteiger partial charge is 0.457 e. The zero-order valence-electron chi connectivity index (χ0n) is 19.4. The first kappa shape index (κ1) is 24.2.